The maximum Gasteiger partial charge on any atom is 0.409 e. The second-order valence-electron chi connectivity index (χ2n) is 6.24. The van der Waals surface area contributed by atoms with Gasteiger partial charge in [0.25, 0.3) is 0 Å². The van der Waals surface area contributed by atoms with Crippen molar-refractivity contribution in [3.63, 3.8) is 0 Å². The summed E-state index contributed by atoms with van der Waals surface area (Å²) >= 11 is 0. The molecule has 2 aliphatic rings. The predicted octanol–water partition coefficient (Wildman–Crippen LogP) is 1.22. The Balaban J connectivity index is 1.47. The fourth-order valence-electron chi connectivity index (χ4n) is 2.91. The van der Waals surface area contributed by atoms with Crippen LogP contribution in [0.2, 0.25) is 0 Å². The van der Waals surface area contributed by atoms with Crippen LogP contribution < -0.4 is 10.2 Å². The summed E-state index contributed by atoms with van der Waals surface area (Å²) in [7, 11) is 2.14. The Kier molecular flexibility index (Phi) is 5.20. The van der Waals surface area contributed by atoms with Gasteiger partial charge < -0.3 is 24.8 Å². The van der Waals surface area contributed by atoms with E-state index in [1.165, 1.54) is 5.69 Å². The van der Waals surface area contributed by atoms with Crippen LogP contribution in [0.4, 0.5) is 16.2 Å². The van der Waals surface area contributed by atoms with E-state index < -0.39 is 0 Å². The quantitative estimate of drug-likeness (QED) is 0.878. The molecule has 7 heteroatoms. The largest absolute Gasteiger partial charge is 0.448 e. The highest BCUT2D eigenvalue weighted by Crippen LogP contribution is 2.19. The third kappa shape index (κ3) is 4.17. The highest BCUT2D eigenvalue weighted by molar-refractivity contribution is 5.91. The summed E-state index contributed by atoms with van der Waals surface area (Å²) in [5.41, 5.74) is 1.96. The van der Waals surface area contributed by atoms with Gasteiger partial charge in [0.1, 0.15) is 6.61 Å². The number of piperazine rings is 1. The molecule has 1 aromatic rings. The molecule has 130 valence electrons. The lowest BCUT2D eigenvalue weighted by Crippen LogP contribution is -2.44. The lowest BCUT2D eigenvalue weighted by atomic mass is 10.2. The van der Waals surface area contributed by atoms with Crippen molar-refractivity contribution in [2.24, 2.45) is 0 Å². The molecule has 0 aromatic heterocycles. The molecule has 2 saturated heterocycles. The Morgan fingerprint density at radius 3 is 2.46 bits per heavy atom. The molecule has 2 heterocycles. The second kappa shape index (κ2) is 7.53. The van der Waals surface area contributed by atoms with Gasteiger partial charge in [0.05, 0.1) is 6.54 Å². The number of rotatable bonds is 5. The molecule has 0 atom stereocenters. The van der Waals surface area contributed by atoms with E-state index in [1.54, 1.807) is 4.90 Å². The summed E-state index contributed by atoms with van der Waals surface area (Å²) in [4.78, 5) is 29.5. The molecule has 3 rings (SSSR count). The fourth-order valence-corrected chi connectivity index (χ4v) is 2.91. The fraction of sp³-hybridized carbons (Fsp3) is 0.529. The first-order chi connectivity index (χ1) is 11.6. The Labute approximate surface area is 142 Å². The molecule has 7 nitrogen and oxygen atoms in total. The van der Waals surface area contributed by atoms with Crippen molar-refractivity contribution >= 4 is 23.4 Å². The van der Waals surface area contributed by atoms with E-state index in [0.717, 1.165) is 31.9 Å². The Hall–Kier alpha value is -2.28. The van der Waals surface area contributed by atoms with Gasteiger partial charge in [-0.05, 0) is 31.3 Å². The third-order valence-electron chi connectivity index (χ3n) is 4.47. The topological polar surface area (TPSA) is 65.1 Å². The van der Waals surface area contributed by atoms with Crippen LogP contribution >= 0.6 is 0 Å². The zero-order valence-electron chi connectivity index (χ0n) is 14.0. The minimum atomic E-state index is -0.334. The first-order valence-electron chi connectivity index (χ1n) is 8.37. The Morgan fingerprint density at radius 1 is 1.12 bits per heavy atom. The lowest BCUT2D eigenvalue weighted by molar-refractivity contribution is -0.116. The van der Waals surface area contributed by atoms with Crippen LogP contribution in [0, 0.1) is 0 Å². The van der Waals surface area contributed by atoms with E-state index in [1.807, 2.05) is 24.3 Å². The van der Waals surface area contributed by atoms with Crippen LogP contribution in [0.15, 0.2) is 24.3 Å². The highest BCUT2D eigenvalue weighted by Gasteiger charge is 2.22. The number of hydrogen-bond acceptors (Lipinski definition) is 5. The number of hydrogen-bond donors (Lipinski definition) is 1. The SMILES string of the molecule is CN1CCN(c2ccc(NC(=O)CCN3CCOC3=O)cc2)CC1. The molecule has 2 aliphatic heterocycles. The number of anilines is 2. The second-order valence-corrected chi connectivity index (χ2v) is 6.24. The molecule has 0 radical (unpaired) electrons. The summed E-state index contributed by atoms with van der Waals surface area (Å²) < 4.78 is 4.84. The van der Waals surface area contributed by atoms with Crippen LogP contribution in [0.3, 0.4) is 0 Å². The van der Waals surface area contributed by atoms with Crippen LogP contribution in [-0.2, 0) is 9.53 Å². The van der Waals surface area contributed by atoms with Gasteiger partial charge in [-0.15, -0.1) is 0 Å². The number of amides is 2. The average molecular weight is 332 g/mol. The molecule has 2 amide bonds. The molecular formula is C17H24N4O3. The standard InChI is InChI=1S/C17H24N4O3/c1-19-8-10-20(11-9-19)15-4-2-14(3-5-15)18-16(22)6-7-21-12-13-24-17(21)23/h2-5H,6-13H2,1H3,(H,18,22). The highest BCUT2D eigenvalue weighted by atomic mass is 16.6. The molecule has 24 heavy (non-hydrogen) atoms. The van der Waals surface area contributed by atoms with Crippen LogP contribution in [-0.4, -0.2) is 74.7 Å². The molecular weight excluding hydrogens is 308 g/mol. The summed E-state index contributed by atoms with van der Waals surface area (Å²) in [6.45, 7) is 5.54. The number of carbonyl (C=O) groups is 2. The van der Waals surface area contributed by atoms with Crippen molar-refractivity contribution in [3.05, 3.63) is 24.3 Å². The van der Waals surface area contributed by atoms with Crippen LogP contribution in [0.25, 0.3) is 0 Å². The maximum atomic E-state index is 12.0. The minimum absolute atomic E-state index is 0.0953. The van der Waals surface area contributed by atoms with Gasteiger partial charge >= 0.3 is 6.09 Å². The first-order valence-corrected chi connectivity index (χ1v) is 8.37. The number of nitrogens with one attached hydrogen (secondary N) is 1. The summed E-state index contributed by atoms with van der Waals surface area (Å²) in [6.07, 6.45) is -0.0608. The molecule has 1 N–H and O–H groups in total. The molecule has 1 aromatic carbocycles. The van der Waals surface area contributed by atoms with Crippen molar-refractivity contribution in [1.82, 2.24) is 9.80 Å². The van der Waals surface area contributed by atoms with Crippen molar-refractivity contribution < 1.29 is 14.3 Å². The zero-order valence-corrected chi connectivity index (χ0v) is 14.0. The lowest BCUT2D eigenvalue weighted by Gasteiger charge is -2.34. The molecule has 0 spiro atoms. The maximum absolute atomic E-state index is 12.0. The average Bonchev–Trinajstić information content (AvgIpc) is 3.00. The summed E-state index contributed by atoms with van der Waals surface area (Å²) in [5, 5.41) is 2.87. The van der Waals surface area contributed by atoms with Gasteiger partial charge in [0.15, 0.2) is 0 Å². The Morgan fingerprint density at radius 2 is 1.83 bits per heavy atom. The normalized spacial score (nSPS) is 18.6. The number of ether oxygens (including phenoxy) is 1. The Bertz CT molecular complexity index is 582. The van der Waals surface area contributed by atoms with Gasteiger partial charge in [-0.1, -0.05) is 0 Å². The number of cyclic esters (lactones) is 1. The van der Waals surface area contributed by atoms with Gasteiger partial charge in [-0.2, -0.15) is 0 Å². The number of carbonyl (C=O) groups excluding carboxylic acids is 2. The van der Waals surface area contributed by atoms with Gasteiger partial charge in [-0.25, -0.2) is 4.79 Å². The van der Waals surface area contributed by atoms with Crippen LogP contribution in [0.1, 0.15) is 6.42 Å². The first kappa shape index (κ1) is 16.6. The molecule has 0 unspecified atom stereocenters. The van der Waals surface area contributed by atoms with Crippen molar-refractivity contribution in [2.45, 2.75) is 6.42 Å². The molecule has 0 aliphatic carbocycles. The van der Waals surface area contributed by atoms with Crippen molar-refractivity contribution in [2.75, 3.05) is 63.1 Å². The molecule has 0 saturated carbocycles. The van der Waals surface area contributed by atoms with Gasteiger partial charge in [0, 0.05) is 50.5 Å². The van der Waals surface area contributed by atoms with Crippen LogP contribution in [0.5, 0.6) is 0 Å². The summed E-state index contributed by atoms with van der Waals surface area (Å²) in [5.74, 6) is -0.0953. The predicted molar refractivity (Wildman–Crippen MR) is 92.3 cm³/mol. The van der Waals surface area contributed by atoms with Gasteiger partial charge in [-0.3, -0.25) is 4.79 Å². The van der Waals surface area contributed by atoms with E-state index >= 15 is 0 Å². The molecule has 0 bridgehead atoms. The number of likely N-dealkylation sites (N-methyl/N-ethyl adjacent to an activating group) is 1. The zero-order chi connectivity index (χ0) is 16.9. The minimum Gasteiger partial charge on any atom is -0.448 e. The van der Waals surface area contributed by atoms with E-state index in [2.05, 4.69) is 22.2 Å². The summed E-state index contributed by atoms with van der Waals surface area (Å²) in [6, 6.07) is 7.93. The van der Waals surface area contributed by atoms with Crippen molar-refractivity contribution in [3.8, 4) is 0 Å². The van der Waals surface area contributed by atoms with E-state index in [-0.39, 0.29) is 18.4 Å². The van der Waals surface area contributed by atoms with E-state index in [0.29, 0.717) is 19.7 Å². The number of benzene rings is 1. The van der Waals surface area contributed by atoms with E-state index in [9.17, 15) is 9.59 Å². The van der Waals surface area contributed by atoms with Gasteiger partial charge in [0.2, 0.25) is 5.91 Å². The molecule has 2 fully saturated rings. The van der Waals surface area contributed by atoms with Crippen molar-refractivity contribution in [1.29, 1.82) is 0 Å². The van der Waals surface area contributed by atoms with E-state index in [4.69, 9.17) is 4.74 Å². The monoisotopic (exact) mass is 332 g/mol. The smallest absolute Gasteiger partial charge is 0.409 e. The third-order valence-corrected chi connectivity index (χ3v) is 4.47. The number of nitrogens with zero attached hydrogens (tertiary/aromatic N) is 3.